The number of urea groups is 1. The summed E-state index contributed by atoms with van der Waals surface area (Å²) < 4.78 is 1.67. The molecule has 9 nitrogen and oxygen atoms in total. The van der Waals surface area contributed by atoms with Crippen molar-refractivity contribution in [3.05, 3.63) is 42.0 Å². The van der Waals surface area contributed by atoms with E-state index in [0.717, 1.165) is 36.5 Å². The molecule has 0 spiro atoms. The normalized spacial score (nSPS) is 21.2. The van der Waals surface area contributed by atoms with Crippen molar-refractivity contribution in [2.24, 2.45) is 0 Å². The number of nitrogens with one attached hydrogen (secondary N) is 2. The quantitative estimate of drug-likeness (QED) is 0.678. The monoisotopic (exact) mass is 406 g/mol. The maximum absolute atomic E-state index is 13.0. The number of anilines is 3. The zero-order valence-electron chi connectivity index (χ0n) is 17.5. The second kappa shape index (κ2) is 7.24. The van der Waals surface area contributed by atoms with E-state index in [9.17, 15) is 4.79 Å². The fraction of sp³-hybridized carbons (Fsp3) is 0.429. The lowest BCUT2D eigenvalue weighted by Gasteiger charge is -2.38. The van der Waals surface area contributed by atoms with E-state index in [-0.39, 0.29) is 6.03 Å². The van der Waals surface area contributed by atoms with Crippen molar-refractivity contribution in [1.29, 1.82) is 0 Å². The molecule has 2 atom stereocenters. The molecule has 2 aliphatic heterocycles. The summed E-state index contributed by atoms with van der Waals surface area (Å²) in [5.74, 6) is 1.45. The van der Waals surface area contributed by atoms with E-state index in [2.05, 4.69) is 50.5 Å². The molecule has 2 amide bonds. The zero-order chi connectivity index (χ0) is 20.8. The summed E-state index contributed by atoms with van der Waals surface area (Å²) in [7, 11) is 0. The van der Waals surface area contributed by atoms with Gasteiger partial charge in [-0.1, -0.05) is 0 Å². The van der Waals surface area contributed by atoms with Crippen molar-refractivity contribution in [1.82, 2.24) is 24.9 Å². The standard InChI is InChI=1S/C21H26N8O/c1-13-10-27(11-14(2)23-13)18-6-8-22-20-17(18)7-9-28(20)21(30)25-16-4-5-19-24-15(3)26-29(19)12-16/h4-6,8,12-14,23H,7,9-11H2,1-3H3,(H,25,30)/t13-,14+. The Bertz CT molecular complexity index is 1100. The number of rotatable bonds is 2. The molecule has 0 aliphatic carbocycles. The number of fused-ring (bicyclic) bond motifs is 2. The van der Waals surface area contributed by atoms with Crippen LogP contribution in [0.3, 0.4) is 0 Å². The summed E-state index contributed by atoms with van der Waals surface area (Å²) in [6.45, 7) is 8.77. The van der Waals surface area contributed by atoms with Gasteiger partial charge in [0.25, 0.3) is 0 Å². The fourth-order valence-electron chi connectivity index (χ4n) is 4.55. The van der Waals surface area contributed by atoms with Crippen LogP contribution in [0.5, 0.6) is 0 Å². The molecule has 1 saturated heterocycles. The van der Waals surface area contributed by atoms with Gasteiger partial charge in [0.1, 0.15) is 11.6 Å². The Balaban J connectivity index is 1.38. The van der Waals surface area contributed by atoms with Crippen LogP contribution in [-0.4, -0.2) is 57.3 Å². The third-order valence-corrected chi connectivity index (χ3v) is 5.68. The van der Waals surface area contributed by atoms with Crippen LogP contribution in [0.15, 0.2) is 30.6 Å². The molecule has 9 heteroatoms. The largest absolute Gasteiger partial charge is 0.368 e. The molecule has 5 rings (SSSR count). The SMILES string of the molecule is Cc1nc2ccc(NC(=O)N3CCc4c(N5C[C@@H](C)N[C@@H](C)C5)ccnc43)cn2n1. The Morgan fingerprint density at radius 1 is 1.20 bits per heavy atom. The van der Waals surface area contributed by atoms with Crippen LogP contribution in [0.4, 0.5) is 22.0 Å². The fourth-order valence-corrected chi connectivity index (χ4v) is 4.55. The van der Waals surface area contributed by atoms with Gasteiger partial charge in [-0.15, -0.1) is 0 Å². The van der Waals surface area contributed by atoms with Gasteiger partial charge >= 0.3 is 6.03 Å². The maximum Gasteiger partial charge on any atom is 0.327 e. The van der Waals surface area contributed by atoms with E-state index in [4.69, 9.17) is 0 Å². The smallest absolute Gasteiger partial charge is 0.327 e. The molecule has 0 aromatic carbocycles. The predicted molar refractivity (Wildman–Crippen MR) is 116 cm³/mol. The minimum Gasteiger partial charge on any atom is -0.368 e. The number of nitrogens with zero attached hydrogens (tertiary/aromatic N) is 6. The van der Waals surface area contributed by atoms with Crippen molar-refractivity contribution in [2.75, 3.05) is 34.8 Å². The average Bonchev–Trinajstić information content (AvgIpc) is 3.29. The Kier molecular flexibility index (Phi) is 4.54. The molecular weight excluding hydrogens is 380 g/mol. The molecule has 0 unspecified atom stereocenters. The molecular formula is C21H26N8O. The number of aryl methyl sites for hydroxylation is 1. The molecule has 156 valence electrons. The first-order chi connectivity index (χ1) is 14.5. The van der Waals surface area contributed by atoms with Gasteiger partial charge in [0.2, 0.25) is 0 Å². The van der Waals surface area contributed by atoms with Gasteiger partial charge in [0.15, 0.2) is 5.65 Å². The third kappa shape index (κ3) is 3.35. The van der Waals surface area contributed by atoms with Gasteiger partial charge in [-0.25, -0.2) is 19.3 Å². The van der Waals surface area contributed by atoms with E-state index in [1.807, 2.05) is 19.1 Å². The van der Waals surface area contributed by atoms with Crippen molar-refractivity contribution >= 4 is 28.9 Å². The highest BCUT2D eigenvalue weighted by molar-refractivity contribution is 6.03. The molecule has 0 bridgehead atoms. The van der Waals surface area contributed by atoms with Gasteiger partial charge in [0.05, 0.1) is 11.9 Å². The third-order valence-electron chi connectivity index (χ3n) is 5.68. The molecule has 3 aromatic heterocycles. The minimum atomic E-state index is -0.184. The number of amides is 2. The lowest BCUT2D eigenvalue weighted by molar-refractivity contribution is 0.257. The van der Waals surface area contributed by atoms with Crippen LogP contribution < -0.4 is 20.4 Å². The Morgan fingerprint density at radius 3 is 2.80 bits per heavy atom. The van der Waals surface area contributed by atoms with Crippen LogP contribution in [0.2, 0.25) is 0 Å². The number of hydrogen-bond acceptors (Lipinski definition) is 6. The van der Waals surface area contributed by atoms with E-state index in [1.54, 1.807) is 21.8 Å². The van der Waals surface area contributed by atoms with E-state index in [1.165, 1.54) is 5.69 Å². The van der Waals surface area contributed by atoms with E-state index >= 15 is 0 Å². The summed E-state index contributed by atoms with van der Waals surface area (Å²) >= 11 is 0. The number of pyridine rings is 2. The average molecular weight is 406 g/mol. The van der Waals surface area contributed by atoms with E-state index in [0.29, 0.717) is 30.1 Å². The molecule has 0 saturated carbocycles. The number of piperazine rings is 1. The first kappa shape index (κ1) is 18.8. The summed E-state index contributed by atoms with van der Waals surface area (Å²) in [5.41, 5.74) is 3.76. The van der Waals surface area contributed by atoms with Crippen LogP contribution in [0.25, 0.3) is 5.65 Å². The summed E-state index contributed by atoms with van der Waals surface area (Å²) in [6, 6.07) is 6.42. The topological polar surface area (TPSA) is 90.7 Å². The molecule has 1 fully saturated rings. The molecule has 2 aliphatic rings. The summed E-state index contributed by atoms with van der Waals surface area (Å²) in [4.78, 5) is 26.0. The van der Waals surface area contributed by atoms with Crippen LogP contribution >= 0.6 is 0 Å². The van der Waals surface area contributed by atoms with Gasteiger partial charge in [0, 0.05) is 49.2 Å². The number of carbonyl (C=O) groups excluding carboxylic acids is 1. The second-order valence-corrected chi connectivity index (χ2v) is 8.22. The molecule has 0 radical (unpaired) electrons. The van der Waals surface area contributed by atoms with Crippen molar-refractivity contribution in [2.45, 2.75) is 39.3 Å². The van der Waals surface area contributed by atoms with Crippen LogP contribution in [-0.2, 0) is 6.42 Å². The van der Waals surface area contributed by atoms with Crippen molar-refractivity contribution < 1.29 is 4.79 Å². The molecule has 30 heavy (non-hydrogen) atoms. The van der Waals surface area contributed by atoms with E-state index < -0.39 is 0 Å². The van der Waals surface area contributed by atoms with Gasteiger partial charge in [-0.05, 0) is 45.4 Å². The molecule has 2 N–H and O–H groups in total. The molecule has 5 heterocycles. The maximum atomic E-state index is 13.0. The summed E-state index contributed by atoms with van der Waals surface area (Å²) in [5, 5.41) is 10.9. The highest BCUT2D eigenvalue weighted by atomic mass is 16.2. The second-order valence-electron chi connectivity index (χ2n) is 8.22. The Labute approximate surface area is 175 Å². The zero-order valence-corrected chi connectivity index (χ0v) is 17.5. The van der Waals surface area contributed by atoms with Crippen LogP contribution in [0, 0.1) is 6.92 Å². The Morgan fingerprint density at radius 2 is 2.00 bits per heavy atom. The number of aromatic nitrogens is 4. The predicted octanol–water partition coefficient (Wildman–Crippen LogP) is 2.21. The summed E-state index contributed by atoms with van der Waals surface area (Å²) in [6.07, 6.45) is 4.39. The van der Waals surface area contributed by atoms with Gasteiger partial charge in [-0.3, -0.25) is 4.90 Å². The minimum absolute atomic E-state index is 0.184. The highest BCUT2D eigenvalue weighted by Crippen LogP contribution is 2.34. The lowest BCUT2D eigenvalue weighted by atomic mass is 10.1. The Hall–Kier alpha value is -3.20. The molecule has 3 aromatic rings. The van der Waals surface area contributed by atoms with Gasteiger partial charge in [-0.2, -0.15) is 5.10 Å². The first-order valence-electron chi connectivity index (χ1n) is 10.4. The van der Waals surface area contributed by atoms with Gasteiger partial charge < -0.3 is 15.5 Å². The van der Waals surface area contributed by atoms with Crippen molar-refractivity contribution in [3.8, 4) is 0 Å². The first-order valence-corrected chi connectivity index (χ1v) is 10.4. The number of hydrogen-bond donors (Lipinski definition) is 2. The highest BCUT2D eigenvalue weighted by Gasteiger charge is 2.31. The van der Waals surface area contributed by atoms with Crippen LogP contribution in [0.1, 0.15) is 25.2 Å². The lowest BCUT2D eigenvalue weighted by Crippen LogP contribution is -2.54. The van der Waals surface area contributed by atoms with Crippen molar-refractivity contribution in [3.63, 3.8) is 0 Å². The number of carbonyl (C=O) groups is 1.